The van der Waals surface area contributed by atoms with E-state index in [9.17, 15) is 4.79 Å². The molecule has 96 valence electrons. The normalized spacial score (nSPS) is 41.6. The van der Waals surface area contributed by atoms with Gasteiger partial charge in [0, 0.05) is 25.2 Å². The van der Waals surface area contributed by atoms with Gasteiger partial charge >= 0.3 is 0 Å². The molecule has 0 spiro atoms. The summed E-state index contributed by atoms with van der Waals surface area (Å²) >= 11 is 1.86. The lowest BCUT2D eigenvalue weighted by Crippen LogP contribution is -2.47. The summed E-state index contributed by atoms with van der Waals surface area (Å²) in [6, 6.07) is 1.23. The van der Waals surface area contributed by atoms with E-state index in [2.05, 4.69) is 17.1 Å². The molecule has 0 aromatic carbocycles. The smallest absolute Gasteiger partial charge is 0.238 e. The number of nitrogens with zero attached hydrogens (tertiary/aromatic N) is 1. The van der Waals surface area contributed by atoms with Crippen LogP contribution in [0.4, 0.5) is 0 Å². The molecule has 2 bridgehead atoms. The fourth-order valence-electron chi connectivity index (χ4n) is 3.41. The lowest BCUT2D eigenvalue weighted by molar-refractivity contribution is -0.133. The molecule has 3 aliphatic rings. The second kappa shape index (κ2) is 4.47. The average Bonchev–Trinajstić information content (AvgIpc) is 2.86. The summed E-state index contributed by atoms with van der Waals surface area (Å²) < 4.78 is -0.121. The van der Waals surface area contributed by atoms with Gasteiger partial charge in [0.2, 0.25) is 5.91 Å². The number of fused-ring (bicyclic) bond motifs is 2. The maximum atomic E-state index is 12.6. The van der Waals surface area contributed by atoms with Gasteiger partial charge in [-0.2, -0.15) is 0 Å². The van der Waals surface area contributed by atoms with Crippen LogP contribution in [0.15, 0.2) is 0 Å². The zero-order valence-electron chi connectivity index (χ0n) is 10.6. The van der Waals surface area contributed by atoms with E-state index in [0.29, 0.717) is 18.0 Å². The molecule has 3 fully saturated rings. The Morgan fingerprint density at radius 1 is 1.35 bits per heavy atom. The second-order valence-corrected chi connectivity index (χ2v) is 7.46. The van der Waals surface area contributed by atoms with Gasteiger partial charge < -0.3 is 10.2 Å². The van der Waals surface area contributed by atoms with E-state index in [4.69, 9.17) is 0 Å². The Labute approximate surface area is 108 Å². The number of thioether (sulfide) groups is 1. The van der Waals surface area contributed by atoms with Crippen LogP contribution >= 0.6 is 11.8 Å². The topological polar surface area (TPSA) is 32.3 Å². The summed E-state index contributed by atoms with van der Waals surface area (Å²) in [6.07, 6.45) is 5.96. The molecule has 0 radical (unpaired) electrons. The summed E-state index contributed by atoms with van der Waals surface area (Å²) in [5.41, 5.74) is 0. The van der Waals surface area contributed by atoms with Gasteiger partial charge in [0.15, 0.2) is 0 Å². The number of rotatable bonds is 1. The number of hydrogen-bond donors (Lipinski definition) is 1. The Hall–Kier alpha value is -0.220. The van der Waals surface area contributed by atoms with Crippen molar-refractivity contribution in [3.63, 3.8) is 0 Å². The lowest BCUT2D eigenvalue weighted by Gasteiger charge is -2.32. The number of hydrogen-bond acceptors (Lipinski definition) is 3. The molecule has 0 aliphatic carbocycles. The molecule has 1 amide bonds. The summed E-state index contributed by atoms with van der Waals surface area (Å²) in [4.78, 5) is 14.8. The Morgan fingerprint density at radius 3 is 2.94 bits per heavy atom. The Kier molecular flexibility index (Phi) is 3.11. The number of nitrogens with one attached hydrogen (secondary N) is 1. The third-order valence-electron chi connectivity index (χ3n) is 4.48. The summed E-state index contributed by atoms with van der Waals surface area (Å²) in [7, 11) is 0. The first-order valence-electron chi connectivity index (χ1n) is 6.87. The van der Waals surface area contributed by atoms with Gasteiger partial charge in [0.1, 0.15) is 0 Å². The molecule has 3 aliphatic heterocycles. The zero-order chi connectivity index (χ0) is 11.9. The molecule has 0 aromatic heterocycles. The van der Waals surface area contributed by atoms with Crippen LogP contribution in [-0.4, -0.2) is 46.5 Å². The first-order chi connectivity index (χ1) is 8.17. The molecule has 4 heteroatoms. The predicted octanol–water partition coefficient (Wildman–Crippen LogP) is 1.62. The fraction of sp³-hybridized carbons (Fsp3) is 0.923. The number of likely N-dealkylation sites (tertiary alicyclic amines) is 1. The molecule has 0 saturated carbocycles. The molecule has 3 nitrogen and oxygen atoms in total. The van der Waals surface area contributed by atoms with Crippen molar-refractivity contribution < 1.29 is 4.79 Å². The molecule has 3 saturated heterocycles. The van der Waals surface area contributed by atoms with Crippen molar-refractivity contribution in [1.29, 1.82) is 0 Å². The van der Waals surface area contributed by atoms with E-state index in [1.54, 1.807) is 0 Å². The third-order valence-corrected chi connectivity index (χ3v) is 5.99. The lowest BCUT2D eigenvalue weighted by atomic mass is 10.0. The number of carbonyl (C=O) groups is 1. The number of carbonyl (C=O) groups excluding carboxylic acids is 1. The SMILES string of the molecule is CC1(C(=O)N2CCC3CCC(C2)N3)CCCS1. The van der Waals surface area contributed by atoms with Gasteiger partial charge in [0.05, 0.1) is 4.75 Å². The van der Waals surface area contributed by atoms with Gasteiger partial charge in [-0.05, 0) is 44.8 Å². The average molecular weight is 254 g/mol. The zero-order valence-corrected chi connectivity index (χ0v) is 11.4. The van der Waals surface area contributed by atoms with E-state index in [0.717, 1.165) is 31.7 Å². The summed E-state index contributed by atoms with van der Waals surface area (Å²) in [5, 5.41) is 3.64. The molecular weight excluding hydrogens is 232 g/mol. The van der Waals surface area contributed by atoms with Crippen molar-refractivity contribution in [3.8, 4) is 0 Å². The minimum absolute atomic E-state index is 0.121. The highest BCUT2D eigenvalue weighted by atomic mass is 32.2. The molecule has 3 heterocycles. The van der Waals surface area contributed by atoms with Crippen LogP contribution in [0.2, 0.25) is 0 Å². The van der Waals surface area contributed by atoms with Crippen molar-refractivity contribution in [2.24, 2.45) is 0 Å². The van der Waals surface area contributed by atoms with Gasteiger partial charge in [-0.25, -0.2) is 0 Å². The van der Waals surface area contributed by atoms with Crippen LogP contribution in [0.25, 0.3) is 0 Å². The van der Waals surface area contributed by atoms with E-state index in [1.165, 1.54) is 19.3 Å². The Bertz CT molecular complexity index is 315. The fourth-order valence-corrected chi connectivity index (χ4v) is 4.69. The first-order valence-corrected chi connectivity index (χ1v) is 7.85. The molecular formula is C13H22N2OS. The van der Waals surface area contributed by atoms with E-state index in [-0.39, 0.29) is 4.75 Å². The maximum absolute atomic E-state index is 12.6. The minimum Gasteiger partial charge on any atom is -0.340 e. The van der Waals surface area contributed by atoms with Crippen molar-refractivity contribution in [1.82, 2.24) is 10.2 Å². The summed E-state index contributed by atoms with van der Waals surface area (Å²) in [6.45, 7) is 4.04. The van der Waals surface area contributed by atoms with Crippen molar-refractivity contribution in [2.45, 2.75) is 55.9 Å². The van der Waals surface area contributed by atoms with Gasteiger partial charge in [-0.15, -0.1) is 11.8 Å². The van der Waals surface area contributed by atoms with E-state index in [1.807, 2.05) is 11.8 Å². The molecule has 3 rings (SSSR count). The standard InChI is InChI=1S/C13H22N2OS/c1-13(6-2-8-17-13)12(16)15-7-5-10-3-4-11(9-15)14-10/h10-11,14H,2-9H2,1H3. The minimum atomic E-state index is -0.121. The molecule has 0 aromatic rings. The second-order valence-electron chi connectivity index (χ2n) is 5.86. The largest absolute Gasteiger partial charge is 0.340 e. The molecule has 17 heavy (non-hydrogen) atoms. The van der Waals surface area contributed by atoms with Crippen LogP contribution in [0, 0.1) is 0 Å². The van der Waals surface area contributed by atoms with E-state index >= 15 is 0 Å². The van der Waals surface area contributed by atoms with E-state index < -0.39 is 0 Å². The van der Waals surface area contributed by atoms with Gasteiger partial charge in [0.25, 0.3) is 0 Å². The quantitative estimate of drug-likeness (QED) is 0.772. The molecule has 3 unspecified atom stereocenters. The van der Waals surface area contributed by atoms with Gasteiger partial charge in [-0.3, -0.25) is 4.79 Å². The highest BCUT2D eigenvalue weighted by molar-refractivity contribution is 8.01. The van der Waals surface area contributed by atoms with Crippen LogP contribution in [0.3, 0.4) is 0 Å². The van der Waals surface area contributed by atoms with Crippen molar-refractivity contribution in [2.75, 3.05) is 18.8 Å². The van der Waals surface area contributed by atoms with Gasteiger partial charge in [-0.1, -0.05) is 0 Å². The van der Waals surface area contributed by atoms with Crippen LogP contribution < -0.4 is 5.32 Å². The van der Waals surface area contributed by atoms with Crippen molar-refractivity contribution in [3.05, 3.63) is 0 Å². The first kappa shape index (κ1) is 11.8. The Balaban J connectivity index is 1.69. The predicted molar refractivity (Wildman–Crippen MR) is 71.2 cm³/mol. The van der Waals surface area contributed by atoms with Crippen molar-refractivity contribution >= 4 is 17.7 Å². The van der Waals surface area contributed by atoms with Crippen LogP contribution in [-0.2, 0) is 4.79 Å². The maximum Gasteiger partial charge on any atom is 0.238 e. The highest BCUT2D eigenvalue weighted by Gasteiger charge is 2.42. The molecule has 1 N–H and O–H groups in total. The molecule has 3 atom stereocenters. The monoisotopic (exact) mass is 254 g/mol. The third kappa shape index (κ3) is 2.22. The highest BCUT2D eigenvalue weighted by Crippen LogP contribution is 2.39. The van der Waals surface area contributed by atoms with Crippen LogP contribution in [0.1, 0.15) is 39.0 Å². The summed E-state index contributed by atoms with van der Waals surface area (Å²) in [5.74, 6) is 1.55. The number of amides is 1. The van der Waals surface area contributed by atoms with Crippen LogP contribution in [0.5, 0.6) is 0 Å². The Morgan fingerprint density at radius 2 is 2.18 bits per heavy atom.